The van der Waals surface area contributed by atoms with E-state index in [2.05, 4.69) is 9.68 Å². The van der Waals surface area contributed by atoms with Crippen LogP contribution in [0, 0.1) is 0 Å². The van der Waals surface area contributed by atoms with Gasteiger partial charge in [0.1, 0.15) is 10.6 Å². The van der Waals surface area contributed by atoms with E-state index in [0.29, 0.717) is 21.9 Å². The maximum Gasteiger partial charge on any atom is 0.425 e. The molecular weight excluding hydrogens is 229 g/mol. The van der Waals surface area contributed by atoms with Gasteiger partial charge in [-0.15, -0.1) is 11.3 Å². The van der Waals surface area contributed by atoms with Crippen LogP contribution in [-0.2, 0) is 6.18 Å². The summed E-state index contributed by atoms with van der Waals surface area (Å²) in [7, 11) is 0. The molecule has 0 aliphatic heterocycles. The van der Waals surface area contributed by atoms with Crippen molar-refractivity contribution in [2.75, 3.05) is 5.73 Å². The molecule has 0 bridgehead atoms. The van der Waals surface area contributed by atoms with Crippen LogP contribution < -0.4 is 5.73 Å². The van der Waals surface area contributed by atoms with Crippen molar-refractivity contribution in [3.63, 3.8) is 0 Å². The van der Waals surface area contributed by atoms with Crippen LogP contribution in [-0.4, -0.2) is 5.16 Å². The molecule has 0 aromatic carbocycles. The third kappa shape index (κ3) is 1.96. The summed E-state index contributed by atoms with van der Waals surface area (Å²) in [5.74, 6) is 0.0759. The van der Waals surface area contributed by atoms with E-state index in [1.807, 2.05) is 0 Å². The lowest BCUT2D eigenvalue weighted by atomic mass is 10.3. The van der Waals surface area contributed by atoms with Crippen molar-refractivity contribution < 1.29 is 17.7 Å². The second-order valence-corrected chi connectivity index (χ2v) is 3.86. The number of halogens is 3. The van der Waals surface area contributed by atoms with Crippen LogP contribution in [0.5, 0.6) is 0 Å². The number of anilines is 1. The summed E-state index contributed by atoms with van der Waals surface area (Å²) in [6.45, 7) is 0. The summed E-state index contributed by atoms with van der Waals surface area (Å²) in [5.41, 5.74) is 5.57. The number of alkyl halides is 3. The molecule has 3 nitrogen and oxygen atoms in total. The highest BCUT2D eigenvalue weighted by Crippen LogP contribution is 2.38. The van der Waals surface area contributed by atoms with Crippen LogP contribution >= 0.6 is 11.3 Å². The third-order valence-corrected chi connectivity index (χ3v) is 2.82. The van der Waals surface area contributed by atoms with E-state index in [1.54, 1.807) is 0 Å². The highest BCUT2D eigenvalue weighted by atomic mass is 32.1. The lowest BCUT2D eigenvalue weighted by Crippen LogP contribution is -2.00. The van der Waals surface area contributed by atoms with Crippen molar-refractivity contribution in [1.82, 2.24) is 5.16 Å². The van der Waals surface area contributed by atoms with Crippen LogP contribution in [0.15, 0.2) is 22.7 Å². The molecule has 80 valence electrons. The number of nitrogen functional groups attached to an aromatic ring is 1. The van der Waals surface area contributed by atoms with E-state index in [1.165, 1.54) is 12.1 Å². The first-order chi connectivity index (χ1) is 6.97. The van der Waals surface area contributed by atoms with Gasteiger partial charge in [-0.25, -0.2) is 0 Å². The van der Waals surface area contributed by atoms with Gasteiger partial charge in [-0.3, -0.25) is 0 Å². The maximum absolute atomic E-state index is 12.3. The van der Waals surface area contributed by atoms with Crippen molar-refractivity contribution >= 4 is 17.2 Å². The number of thiophene rings is 1. The van der Waals surface area contributed by atoms with Crippen LogP contribution in [0.2, 0.25) is 0 Å². The molecule has 0 aliphatic carbocycles. The third-order valence-electron chi connectivity index (χ3n) is 1.67. The minimum absolute atomic E-state index is 0.0759. The van der Waals surface area contributed by atoms with Gasteiger partial charge in [-0.2, -0.15) is 13.2 Å². The highest BCUT2D eigenvalue weighted by molar-refractivity contribution is 7.15. The minimum atomic E-state index is -4.32. The Kier molecular flexibility index (Phi) is 2.18. The molecule has 0 unspecified atom stereocenters. The molecule has 2 N–H and O–H groups in total. The average molecular weight is 234 g/mol. The van der Waals surface area contributed by atoms with Gasteiger partial charge in [-0.05, 0) is 12.1 Å². The van der Waals surface area contributed by atoms with E-state index in [0.717, 1.165) is 6.07 Å². The van der Waals surface area contributed by atoms with Gasteiger partial charge < -0.3 is 10.3 Å². The monoisotopic (exact) mass is 234 g/mol. The van der Waals surface area contributed by atoms with E-state index in [-0.39, 0.29) is 5.88 Å². The minimum Gasteiger partial charge on any atom is -0.368 e. The van der Waals surface area contributed by atoms with Gasteiger partial charge in [0.15, 0.2) is 0 Å². The van der Waals surface area contributed by atoms with Gasteiger partial charge in [0.2, 0.25) is 5.88 Å². The molecule has 0 radical (unpaired) electrons. The van der Waals surface area contributed by atoms with Gasteiger partial charge >= 0.3 is 6.18 Å². The summed E-state index contributed by atoms with van der Waals surface area (Å²) < 4.78 is 41.4. The van der Waals surface area contributed by atoms with Crippen molar-refractivity contribution in [2.24, 2.45) is 0 Å². The molecule has 0 fully saturated rings. The molecule has 0 saturated heterocycles. The van der Waals surface area contributed by atoms with E-state index in [9.17, 15) is 13.2 Å². The molecule has 2 rings (SSSR count). The molecule has 2 aromatic heterocycles. The van der Waals surface area contributed by atoms with Gasteiger partial charge in [0.05, 0.1) is 4.88 Å². The molecule has 0 spiro atoms. The molecule has 2 heterocycles. The zero-order valence-corrected chi connectivity index (χ0v) is 8.02. The number of hydrogen-bond donors (Lipinski definition) is 1. The predicted molar refractivity (Wildman–Crippen MR) is 49.2 cm³/mol. The maximum atomic E-state index is 12.3. The molecule has 2 aromatic rings. The van der Waals surface area contributed by atoms with Gasteiger partial charge in [0.25, 0.3) is 0 Å². The molecule has 7 heteroatoms. The smallest absolute Gasteiger partial charge is 0.368 e. The molecule has 15 heavy (non-hydrogen) atoms. The van der Waals surface area contributed by atoms with Crippen molar-refractivity contribution in [3.8, 4) is 10.6 Å². The van der Waals surface area contributed by atoms with Crippen LogP contribution in [0.25, 0.3) is 10.6 Å². The summed E-state index contributed by atoms with van der Waals surface area (Å²) in [4.78, 5) is -0.290. The fourth-order valence-corrected chi connectivity index (χ4v) is 1.86. The Bertz CT molecular complexity index is 474. The molecule has 0 atom stereocenters. The predicted octanol–water partition coefficient (Wildman–Crippen LogP) is 3.00. The van der Waals surface area contributed by atoms with Gasteiger partial charge in [-0.1, -0.05) is 5.16 Å². The summed E-state index contributed by atoms with van der Waals surface area (Å²) in [6.07, 6.45) is -4.32. The average Bonchev–Trinajstić information content (AvgIpc) is 2.69. The lowest BCUT2D eigenvalue weighted by Gasteiger charge is -2.00. The van der Waals surface area contributed by atoms with Crippen molar-refractivity contribution in [2.45, 2.75) is 6.18 Å². The Morgan fingerprint density at radius 1 is 1.33 bits per heavy atom. The fourth-order valence-electron chi connectivity index (χ4n) is 1.03. The molecular formula is C8H5F3N2OS. The number of aromatic nitrogens is 1. The first-order valence-electron chi connectivity index (χ1n) is 3.86. The first-order valence-corrected chi connectivity index (χ1v) is 4.68. The largest absolute Gasteiger partial charge is 0.425 e. The quantitative estimate of drug-likeness (QED) is 0.825. The van der Waals surface area contributed by atoms with Crippen molar-refractivity contribution in [1.29, 1.82) is 0 Å². The zero-order valence-electron chi connectivity index (χ0n) is 7.21. The number of nitrogens with zero attached hydrogens (tertiary/aromatic N) is 1. The summed E-state index contributed by atoms with van der Waals surface area (Å²) >= 11 is 0.603. The van der Waals surface area contributed by atoms with E-state index in [4.69, 9.17) is 5.73 Å². The lowest BCUT2D eigenvalue weighted by molar-refractivity contribution is -0.134. The first kappa shape index (κ1) is 10.0. The second-order valence-electron chi connectivity index (χ2n) is 2.78. The SMILES string of the molecule is Nc1cc(-c2ccc(C(F)(F)F)s2)no1. The van der Waals surface area contributed by atoms with Crippen molar-refractivity contribution in [3.05, 3.63) is 23.1 Å². The van der Waals surface area contributed by atoms with E-state index >= 15 is 0 Å². The molecule has 0 saturated carbocycles. The molecule has 0 aliphatic rings. The van der Waals surface area contributed by atoms with Crippen LogP contribution in [0.3, 0.4) is 0 Å². The topological polar surface area (TPSA) is 52.0 Å². The number of nitrogens with two attached hydrogens (primary N) is 1. The van der Waals surface area contributed by atoms with E-state index < -0.39 is 11.1 Å². The Morgan fingerprint density at radius 3 is 2.53 bits per heavy atom. The van der Waals surface area contributed by atoms with Crippen LogP contribution in [0.1, 0.15) is 4.88 Å². The van der Waals surface area contributed by atoms with Crippen LogP contribution in [0.4, 0.5) is 19.1 Å². The summed E-state index contributed by atoms with van der Waals surface area (Å²) in [5, 5.41) is 3.52. The summed E-state index contributed by atoms with van der Waals surface area (Å²) in [6, 6.07) is 3.72. The standard InChI is InChI=1S/C8H5F3N2OS/c9-8(10,11)6-2-1-5(15-6)4-3-7(12)14-13-4/h1-3H,12H2. The normalized spacial score (nSPS) is 11.9. The number of hydrogen-bond acceptors (Lipinski definition) is 4. The second kappa shape index (κ2) is 3.27. The molecule has 0 amide bonds. The Morgan fingerprint density at radius 2 is 2.07 bits per heavy atom. The zero-order chi connectivity index (χ0) is 11.1. The Hall–Kier alpha value is -1.50. The number of rotatable bonds is 1. The van der Waals surface area contributed by atoms with Gasteiger partial charge in [0, 0.05) is 6.07 Å². The highest BCUT2D eigenvalue weighted by Gasteiger charge is 2.32. The Labute approximate surface area is 86.3 Å². The fraction of sp³-hybridized carbons (Fsp3) is 0.125. The Balaban J connectivity index is 2.36.